The van der Waals surface area contributed by atoms with E-state index >= 15 is 0 Å². The van der Waals surface area contributed by atoms with Crippen molar-refractivity contribution in [2.45, 2.75) is 4.90 Å². The Morgan fingerprint density at radius 1 is 1.06 bits per heavy atom. The lowest BCUT2D eigenvalue weighted by atomic mass is 10.3. The Kier molecular flexibility index (Phi) is 9.54. The normalized spacial score (nSPS) is 11.5. The van der Waals surface area contributed by atoms with E-state index in [9.17, 15) is 18.3 Å². The van der Waals surface area contributed by atoms with Gasteiger partial charge in [-0.25, -0.2) is 13.2 Å². The summed E-state index contributed by atoms with van der Waals surface area (Å²) >= 11 is 9.44. The number of anilines is 2. The molecule has 2 aromatic carbocycles. The van der Waals surface area contributed by atoms with Crippen molar-refractivity contribution in [3.8, 4) is 5.75 Å². The lowest BCUT2D eigenvalue weighted by Gasteiger charge is -2.23. The van der Waals surface area contributed by atoms with Gasteiger partial charge in [0.25, 0.3) is 0 Å². The van der Waals surface area contributed by atoms with Gasteiger partial charge in [-0.15, -0.1) is 0 Å². The number of methoxy groups -OCH3 is 2. The number of hydrogen-bond donors (Lipinski definition) is 3. The molecular formula is C19H23BrClN3O6S. The van der Waals surface area contributed by atoms with Gasteiger partial charge in [0.1, 0.15) is 4.90 Å². The number of sulfonamides is 1. The molecule has 0 spiro atoms. The molecule has 0 radical (unpaired) electrons. The van der Waals surface area contributed by atoms with Crippen LogP contribution in [-0.4, -0.2) is 64.4 Å². The fraction of sp³-hybridized carbons (Fsp3) is 0.316. The predicted octanol–water partition coefficient (Wildman–Crippen LogP) is 3.74. The van der Waals surface area contributed by atoms with E-state index in [0.717, 1.165) is 4.31 Å². The number of hydrogen-bond acceptors (Lipinski definition) is 6. The van der Waals surface area contributed by atoms with E-state index in [1.807, 2.05) is 0 Å². The van der Waals surface area contributed by atoms with Crippen molar-refractivity contribution in [1.82, 2.24) is 4.31 Å². The number of halogens is 2. The summed E-state index contributed by atoms with van der Waals surface area (Å²) in [6.07, 6.45) is 0. The summed E-state index contributed by atoms with van der Waals surface area (Å²) in [7, 11) is -1.33. The molecule has 0 aliphatic carbocycles. The maximum Gasteiger partial charge on any atom is 0.323 e. The molecule has 12 heteroatoms. The molecule has 0 saturated carbocycles. The molecule has 9 nitrogen and oxygen atoms in total. The van der Waals surface area contributed by atoms with Crippen molar-refractivity contribution in [1.29, 1.82) is 0 Å². The van der Waals surface area contributed by atoms with Crippen molar-refractivity contribution in [2.24, 2.45) is 0 Å². The average Bonchev–Trinajstić information content (AvgIpc) is 2.71. The fourth-order valence-corrected chi connectivity index (χ4v) is 4.98. The first kappa shape index (κ1) is 25.4. The molecule has 0 bridgehead atoms. The van der Waals surface area contributed by atoms with E-state index in [4.69, 9.17) is 21.1 Å². The maximum atomic E-state index is 13.2. The number of urea groups is 1. The molecule has 0 aromatic heterocycles. The third-order valence-electron chi connectivity index (χ3n) is 4.14. The number of rotatable bonds is 10. The molecule has 0 atom stereocenters. The number of para-hydroxylation sites is 1. The van der Waals surface area contributed by atoms with Gasteiger partial charge in [0.15, 0.2) is 5.75 Å². The highest BCUT2D eigenvalue weighted by atomic mass is 79.9. The molecule has 2 aromatic rings. The van der Waals surface area contributed by atoms with Gasteiger partial charge in [0.05, 0.1) is 29.6 Å². The maximum absolute atomic E-state index is 13.2. The summed E-state index contributed by atoms with van der Waals surface area (Å²) in [5, 5.41) is 15.5. The molecule has 3 N–H and O–H groups in total. The highest BCUT2D eigenvalue weighted by molar-refractivity contribution is 9.10. The van der Waals surface area contributed by atoms with Gasteiger partial charge in [0, 0.05) is 31.8 Å². The highest BCUT2D eigenvalue weighted by Gasteiger charge is 2.31. The van der Waals surface area contributed by atoms with Crippen molar-refractivity contribution >= 4 is 55.0 Å². The smallest absolute Gasteiger partial charge is 0.323 e. The quantitative estimate of drug-likeness (QED) is 0.398. The van der Waals surface area contributed by atoms with E-state index in [1.54, 1.807) is 24.3 Å². The van der Waals surface area contributed by atoms with Gasteiger partial charge in [-0.1, -0.05) is 23.7 Å². The number of nitrogens with one attached hydrogen (secondary N) is 2. The van der Waals surface area contributed by atoms with Gasteiger partial charge in [-0.05, 0) is 40.2 Å². The summed E-state index contributed by atoms with van der Waals surface area (Å²) in [6, 6.07) is 8.86. The summed E-state index contributed by atoms with van der Waals surface area (Å²) < 4.78 is 38.1. The first-order valence-corrected chi connectivity index (χ1v) is 11.7. The van der Waals surface area contributed by atoms with Crippen LogP contribution < -0.4 is 10.6 Å². The van der Waals surface area contributed by atoms with Crippen LogP contribution in [0.15, 0.2) is 45.8 Å². The molecule has 0 aliphatic rings. The first-order valence-electron chi connectivity index (χ1n) is 9.04. The van der Waals surface area contributed by atoms with Crippen molar-refractivity contribution in [3.05, 3.63) is 45.9 Å². The Hall–Kier alpha value is -1.89. The second-order valence-electron chi connectivity index (χ2n) is 6.22. The van der Waals surface area contributed by atoms with E-state index in [2.05, 4.69) is 26.6 Å². The summed E-state index contributed by atoms with van der Waals surface area (Å²) in [5.74, 6) is -0.672. The number of phenolic OH excluding ortho intramolecular Hbond substituents is 1. The zero-order valence-corrected chi connectivity index (χ0v) is 20.1. The summed E-state index contributed by atoms with van der Waals surface area (Å²) in [5.41, 5.74) is 0.373. The number of carbonyl (C=O) groups is 1. The number of aromatic hydroxyl groups is 1. The topological polar surface area (TPSA) is 117 Å². The number of benzene rings is 2. The largest absolute Gasteiger partial charge is 0.504 e. The van der Waals surface area contributed by atoms with Gasteiger partial charge in [0.2, 0.25) is 10.0 Å². The summed E-state index contributed by atoms with van der Waals surface area (Å²) in [4.78, 5) is 11.9. The molecule has 0 heterocycles. The first-order chi connectivity index (χ1) is 14.7. The van der Waals surface area contributed by atoms with Crippen LogP contribution in [0.5, 0.6) is 5.75 Å². The van der Waals surface area contributed by atoms with E-state index < -0.39 is 26.7 Å². The van der Waals surface area contributed by atoms with Crippen LogP contribution in [0.1, 0.15) is 0 Å². The average molecular weight is 537 g/mol. The fourth-order valence-electron chi connectivity index (χ4n) is 2.60. The van der Waals surface area contributed by atoms with Gasteiger partial charge in [-0.3, -0.25) is 0 Å². The van der Waals surface area contributed by atoms with Gasteiger partial charge < -0.3 is 25.2 Å². The standard InChI is InChI=1S/C19H23BrClN3O6S/c1-29-11-9-24(10-12-30-2)31(27,28)18-14(21)7-8-16(17(18)25)23-19(26)22-15-6-4-3-5-13(15)20/h3-8,25H,9-12H2,1-2H3,(H2,22,23,26). The number of carbonyl (C=O) groups excluding carboxylic acids is 1. The van der Waals surface area contributed by atoms with E-state index in [1.165, 1.54) is 26.4 Å². The number of amides is 2. The van der Waals surface area contributed by atoms with Gasteiger partial charge >= 0.3 is 6.03 Å². The molecule has 0 fully saturated rings. The zero-order chi connectivity index (χ0) is 23.0. The van der Waals surface area contributed by atoms with Crippen molar-refractivity contribution < 1.29 is 27.8 Å². The zero-order valence-electron chi connectivity index (χ0n) is 16.9. The van der Waals surface area contributed by atoms with Crippen LogP contribution in [0, 0.1) is 0 Å². The predicted molar refractivity (Wildman–Crippen MR) is 122 cm³/mol. The second-order valence-corrected chi connectivity index (χ2v) is 9.36. The molecule has 2 amide bonds. The molecule has 170 valence electrons. The monoisotopic (exact) mass is 535 g/mol. The Labute approximate surface area is 194 Å². The number of phenols is 1. The Bertz CT molecular complexity index is 1010. The third kappa shape index (κ3) is 6.55. The molecule has 0 unspecified atom stereocenters. The third-order valence-corrected chi connectivity index (χ3v) is 7.23. The number of ether oxygens (including phenoxy) is 2. The molecular weight excluding hydrogens is 514 g/mol. The van der Waals surface area contributed by atoms with Crippen LogP contribution in [0.3, 0.4) is 0 Å². The lowest BCUT2D eigenvalue weighted by molar-refractivity contribution is 0.150. The minimum absolute atomic E-state index is 0.0259. The van der Waals surface area contributed by atoms with Crippen LogP contribution in [-0.2, 0) is 19.5 Å². The minimum atomic E-state index is -4.22. The molecule has 0 saturated heterocycles. The van der Waals surface area contributed by atoms with Crippen LogP contribution >= 0.6 is 27.5 Å². The van der Waals surface area contributed by atoms with Crippen molar-refractivity contribution in [3.63, 3.8) is 0 Å². The van der Waals surface area contributed by atoms with Gasteiger partial charge in [-0.2, -0.15) is 4.31 Å². The Balaban J connectivity index is 2.33. The number of nitrogens with zero attached hydrogens (tertiary/aromatic N) is 1. The van der Waals surface area contributed by atoms with Crippen LogP contribution in [0.25, 0.3) is 0 Å². The molecule has 0 aliphatic heterocycles. The SMILES string of the molecule is COCCN(CCOC)S(=O)(=O)c1c(Cl)ccc(NC(=O)Nc2ccccc2Br)c1O. The minimum Gasteiger partial charge on any atom is -0.504 e. The Morgan fingerprint density at radius 2 is 1.65 bits per heavy atom. The second kappa shape index (κ2) is 11.7. The lowest BCUT2D eigenvalue weighted by Crippen LogP contribution is -2.36. The van der Waals surface area contributed by atoms with Crippen LogP contribution in [0.4, 0.5) is 16.2 Å². The van der Waals surface area contributed by atoms with E-state index in [-0.39, 0.29) is 37.0 Å². The highest BCUT2D eigenvalue weighted by Crippen LogP contribution is 2.38. The Morgan fingerprint density at radius 3 is 2.23 bits per heavy atom. The molecule has 2 rings (SSSR count). The van der Waals surface area contributed by atoms with Crippen LogP contribution in [0.2, 0.25) is 5.02 Å². The van der Waals surface area contributed by atoms with Crippen molar-refractivity contribution in [2.75, 3.05) is 51.2 Å². The summed E-state index contributed by atoms with van der Waals surface area (Å²) in [6.45, 7) is 0.317. The van der Waals surface area contributed by atoms with E-state index in [0.29, 0.717) is 10.2 Å². The molecule has 31 heavy (non-hydrogen) atoms.